The highest BCUT2D eigenvalue weighted by atomic mass is 15.2. The smallest absolute Gasteiger partial charge is 0.181 e. The van der Waals surface area contributed by atoms with Crippen molar-refractivity contribution in [1.29, 1.82) is 0 Å². The van der Waals surface area contributed by atoms with Crippen molar-refractivity contribution in [2.75, 3.05) is 5.32 Å². The van der Waals surface area contributed by atoms with Gasteiger partial charge in [0.15, 0.2) is 5.65 Å². The zero-order valence-corrected chi connectivity index (χ0v) is 20.6. The molecular formula is C30H27N7. The Labute approximate surface area is 215 Å². The van der Waals surface area contributed by atoms with Gasteiger partial charge >= 0.3 is 0 Å². The van der Waals surface area contributed by atoms with E-state index in [-0.39, 0.29) is 0 Å². The van der Waals surface area contributed by atoms with Gasteiger partial charge in [-0.25, -0.2) is 4.98 Å². The lowest BCUT2D eigenvalue weighted by Gasteiger charge is -2.09. The van der Waals surface area contributed by atoms with Gasteiger partial charge in [-0.1, -0.05) is 31.4 Å². The van der Waals surface area contributed by atoms with Crippen LogP contribution in [0.15, 0.2) is 92.2 Å². The molecule has 0 spiro atoms. The van der Waals surface area contributed by atoms with Crippen LogP contribution in [-0.2, 0) is 0 Å². The van der Waals surface area contributed by atoms with Gasteiger partial charge in [0.2, 0.25) is 0 Å². The molecule has 0 atom stereocenters. The molecule has 37 heavy (non-hydrogen) atoms. The number of nitrogens with zero attached hydrogens (tertiary/aromatic N) is 4. The van der Waals surface area contributed by atoms with Gasteiger partial charge in [-0.3, -0.25) is 15.1 Å². The van der Waals surface area contributed by atoms with Gasteiger partial charge in [0.05, 0.1) is 29.0 Å². The second-order valence-electron chi connectivity index (χ2n) is 9.33. The zero-order valence-electron chi connectivity index (χ0n) is 20.6. The Morgan fingerprint density at radius 1 is 1.08 bits per heavy atom. The van der Waals surface area contributed by atoms with Crippen LogP contribution in [0.4, 0.5) is 5.69 Å². The first-order valence-electron chi connectivity index (χ1n) is 12.3. The highest BCUT2D eigenvalue weighted by molar-refractivity contribution is 5.94. The summed E-state index contributed by atoms with van der Waals surface area (Å²) in [6.07, 6.45) is 13.5. The van der Waals surface area contributed by atoms with Gasteiger partial charge in [-0.2, -0.15) is 5.10 Å². The molecular weight excluding hydrogens is 458 g/mol. The normalized spacial score (nSPS) is 13.6. The average molecular weight is 486 g/mol. The van der Waals surface area contributed by atoms with E-state index < -0.39 is 0 Å². The molecule has 5 aromatic heterocycles. The number of pyridine rings is 3. The zero-order chi connectivity index (χ0) is 25.4. The van der Waals surface area contributed by atoms with Crippen LogP contribution in [0.3, 0.4) is 0 Å². The molecule has 0 radical (unpaired) electrons. The summed E-state index contributed by atoms with van der Waals surface area (Å²) in [6, 6.07) is 12.2. The van der Waals surface area contributed by atoms with Crippen molar-refractivity contribution in [2.24, 2.45) is 5.92 Å². The first-order valence-corrected chi connectivity index (χ1v) is 12.3. The standard InChI is InChI=1S/C30H27N7/c1-4-7-24(27-8-5-6-11-32-27)25-14-28(35-19(25)3)29-26-13-22(16-33-30(26)37-36-29)21-12-23(17-31-15-21)34-18(2)20-9-10-20/h4-8,11-17,20,34-35H,1-2,9-10H2,3H3,(H,33,36,37)/b24-7+. The predicted octanol–water partition coefficient (Wildman–Crippen LogP) is 6.67. The summed E-state index contributed by atoms with van der Waals surface area (Å²) >= 11 is 0. The Morgan fingerprint density at radius 3 is 2.73 bits per heavy atom. The third-order valence-electron chi connectivity index (χ3n) is 6.66. The summed E-state index contributed by atoms with van der Waals surface area (Å²) < 4.78 is 0. The van der Waals surface area contributed by atoms with E-state index in [0.717, 1.165) is 61.8 Å². The number of anilines is 1. The molecule has 1 aliphatic carbocycles. The average Bonchev–Trinajstić information content (AvgIpc) is 3.59. The Kier molecular flexibility index (Phi) is 5.73. The first kappa shape index (κ1) is 22.7. The van der Waals surface area contributed by atoms with Gasteiger partial charge in [0.1, 0.15) is 0 Å². The van der Waals surface area contributed by atoms with Crippen molar-refractivity contribution >= 4 is 22.3 Å². The molecule has 0 saturated heterocycles. The second kappa shape index (κ2) is 9.35. The Balaban J connectivity index is 1.37. The molecule has 0 bridgehead atoms. The fraction of sp³-hybridized carbons (Fsp3) is 0.133. The number of hydrogen-bond donors (Lipinski definition) is 3. The summed E-state index contributed by atoms with van der Waals surface area (Å²) in [5.74, 6) is 0.573. The summed E-state index contributed by atoms with van der Waals surface area (Å²) in [7, 11) is 0. The van der Waals surface area contributed by atoms with Crippen LogP contribution >= 0.6 is 0 Å². The van der Waals surface area contributed by atoms with E-state index in [1.54, 1.807) is 12.3 Å². The largest absolute Gasteiger partial charge is 0.358 e. The molecule has 0 aliphatic heterocycles. The number of rotatable bonds is 8. The fourth-order valence-electron chi connectivity index (χ4n) is 4.57. The number of hydrogen-bond acceptors (Lipinski definition) is 5. The Bertz CT molecular complexity index is 1650. The minimum absolute atomic E-state index is 0.573. The van der Waals surface area contributed by atoms with Crippen molar-refractivity contribution in [3.05, 3.63) is 109 Å². The number of aromatic nitrogens is 6. The Morgan fingerprint density at radius 2 is 1.95 bits per heavy atom. The van der Waals surface area contributed by atoms with Gasteiger partial charge < -0.3 is 10.3 Å². The van der Waals surface area contributed by atoms with E-state index in [0.29, 0.717) is 11.6 Å². The minimum atomic E-state index is 0.573. The molecule has 5 heterocycles. The summed E-state index contributed by atoms with van der Waals surface area (Å²) in [5.41, 5.74) is 10.4. The molecule has 1 saturated carbocycles. The van der Waals surface area contributed by atoms with Crippen molar-refractivity contribution < 1.29 is 0 Å². The first-order chi connectivity index (χ1) is 18.1. The lowest BCUT2D eigenvalue weighted by molar-refractivity contribution is 1.02. The van der Waals surface area contributed by atoms with Crippen molar-refractivity contribution in [2.45, 2.75) is 19.8 Å². The molecule has 6 rings (SSSR count). The quantitative estimate of drug-likeness (QED) is 0.213. The fourth-order valence-corrected chi connectivity index (χ4v) is 4.57. The van der Waals surface area contributed by atoms with Gasteiger partial charge in [-0.15, -0.1) is 0 Å². The van der Waals surface area contributed by atoms with Gasteiger partial charge in [0, 0.05) is 57.6 Å². The van der Waals surface area contributed by atoms with Crippen LogP contribution in [0.5, 0.6) is 0 Å². The maximum absolute atomic E-state index is 4.62. The minimum Gasteiger partial charge on any atom is -0.358 e. The maximum Gasteiger partial charge on any atom is 0.181 e. The van der Waals surface area contributed by atoms with Gasteiger partial charge in [-0.05, 0) is 56.0 Å². The summed E-state index contributed by atoms with van der Waals surface area (Å²) in [6.45, 7) is 10.1. The van der Waals surface area contributed by atoms with E-state index in [4.69, 9.17) is 0 Å². The SMILES string of the molecule is C=C/C=C(/c1ccccn1)c1cc(-c2[nH]nc3ncc(-c4cncc(NC(=C)C5CC5)c4)cc23)[nH]c1C. The number of fused-ring (bicyclic) bond motifs is 1. The third kappa shape index (κ3) is 4.47. The lowest BCUT2D eigenvalue weighted by Crippen LogP contribution is -2.00. The molecule has 0 amide bonds. The third-order valence-corrected chi connectivity index (χ3v) is 6.66. The van der Waals surface area contributed by atoms with Crippen molar-refractivity contribution in [1.82, 2.24) is 30.1 Å². The number of allylic oxidation sites excluding steroid dienone is 3. The van der Waals surface area contributed by atoms with Crippen LogP contribution in [0.2, 0.25) is 0 Å². The lowest BCUT2D eigenvalue weighted by atomic mass is 10.0. The van der Waals surface area contributed by atoms with Crippen LogP contribution < -0.4 is 5.32 Å². The number of aromatic amines is 2. The monoisotopic (exact) mass is 485 g/mol. The van der Waals surface area contributed by atoms with E-state index >= 15 is 0 Å². The molecule has 3 N–H and O–H groups in total. The summed E-state index contributed by atoms with van der Waals surface area (Å²) in [4.78, 5) is 17.1. The van der Waals surface area contributed by atoms with E-state index in [9.17, 15) is 0 Å². The van der Waals surface area contributed by atoms with Crippen LogP contribution in [0.1, 0.15) is 29.8 Å². The highest BCUT2D eigenvalue weighted by Crippen LogP contribution is 2.37. The van der Waals surface area contributed by atoms with Crippen LogP contribution in [0.25, 0.3) is 39.1 Å². The summed E-state index contributed by atoms with van der Waals surface area (Å²) in [5, 5.41) is 12.0. The van der Waals surface area contributed by atoms with Crippen molar-refractivity contribution in [3.8, 4) is 22.5 Å². The molecule has 1 fully saturated rings. The molecule has 5 aromatic rings. The number of H-pyrrole nitrogens is 2. The van der Waals surface area contributed by atoms with E-state index in [1.165, 1.54) is 12.8 Å². The predicted molar refractivity (Wildman–Crippen MR) is 149 cm³/mol. The van der Waals surface area contributed by atoms with Gasteiger partial charge in [0.25, 0.3) is 0 Å². The number of nitrogens with one attached hydrogen (secondary N) is 3. The van der Waals surface area contributed by atoms with Crippen molar-refractivity contribution in [3.63, 3.8) is 0 Å². The molecule has 182 valence electrons. The van der Waals surface area contributed by atoms with E-state index in [1.807, 2.05) is 42.9 Å². The maximum atomic E-state index is 4.62. The number of aryl methyl sites for hydroxylation is 1. The van der Waals surface area contributed by atoms with E-state index in [2.05, 4.69) is 73.7 Å². The molecule has 0 unspecified atom stereocenters. The highest BCUT2D eigenvalue weighted by Gasteiger charge is 2.24. The van der Waals surface area contributed by atoms with Crippen LogP contribution in [0, 0.1) is 12.8 Å². The molecule has 7 nitrogen and oxygen atoms in total. The second-order valence-corrected chi connectivity index (χ2v) is 9.33. The molecule has 0 aromatic carbocycles. The topological polar surface area (TPSA) is 95.2 Å². The molecule has 7 heteroatoms. The van der Waals surface area contributed by atoms with Crippen LogP contribution in [-0.4, -0.2) is 30.1 Å². The Hall–Kier alpha value is -4.78. The molecule has 1 aliphatic rings.